The zero-order valence-electron chi connectivity index (χ0n) is 21.4. The molecule has 1 N–H and O–H groups in total. The van der Waals surface area contributed by atoms with Crippen LogP contribution in [0.1, 0.15) is 75.8 Å². The number of fused-ring (bicyclic) bond motifs is 6. The second-order valence-electron chi connectivity index (χ2n) is 11.4. The Morgan fingerprint density at radius 3 is 2.88 bits per heavy atom. The van der Waals surface area contributed by atoms with E-state index in [1.54, 1.807) is 6.92 Å². The molecule has 5 rings (SSSR count). The van der Waals surface area contributed by atoms with E-state index in [-0.39, 0.29) is 17.5 Å². The maximum atomic E-state index is 11.7. The van der Waals surface area contributed by atoms with Gasteiger partial charge in [0.25, 0.3) is 0 Å². The molecular weight excluding hydrogens is 426 g/mol. The van der Waals surface area contributed by atoms with Gasteiger partial charge < -0.3 is 19.7 Å². The van der Waals surface area contributed by atoms with Gasteiger partial charge in [-0.05, 0) is 113 Å². The summed E-state index contributed by atoms with van der Waals surface area (Å²) < 4.78 is 11.9. The summed E-state index contributed by atoms with van der Waals surface area (Å²) in [5.41, 5.74) is 4.18. The number of nitrogens with zero attached hydrogens (tertiary/aromatic N) is 2. The summed E-state index contributed by atoms with van der Waals surface area (Å²) in [5, 5.41) is 3.58. The topological polar surface area (TPSA) is 63.2 Å². The molecule has 6 heteroatoms. The lowest BCUT2D eigenvalue weighted by molar-refractivity contribution is -0.154. The van der Waals surface area contributed by atoms with Crippen LogP contribution in [-0.4, -0.2) is 56.6 Å². The van der Waals surface area contributed by atoms with Crippen LogP contribution in [0.25, 0.3) is 0 Å². The van der Waals surface area contributed by atoms with Crippen LogP contribution < -0.4 is 10.1 Å². The summed E-state index contributed by atoms with van der Waals surface area (Å²) in [7, 11) is 4.23. The second-order valence-corrected chi connectivity index (χ2v) is 11.4. The van der Waals surface area contributed by atoms with Crippen LogP contribution in [0, 0.1) is 17.3 Å². The summed E-state index contributed by atoms with van der Waals surface area (Å²) in [6.07, 6.45) is 9.21. The third-order valence-corrected chi connectivity index (χ3v) is 9.01. The first kappa shape index (κ1) is 23.7. The van der Waals surface area contributed by atoms with E-state index in [0.29, 0.717) is 24.4 Å². The van der Waals surface area contributed by atoms with Gasteiger partial charge in [0.2, 0.25) is 0 Å². The maximum Gasteiger partial charge on any atom is 0.302 e. The number of benzene rings is 1. The molecule has 2 fully saturated rings. The fraction of sp³-hybridized carbons (Fsp3) is 0.714. The number of nitrogens with one attached hydrogen (secondary N) is 1. The number of carbonyl (C=O) groups excluding carboxylic acids is 1. The fourth-order valence-corrected chi connectivity index (χ4v) is 7.34. The average Bonchev–Trinajstić information content (AvgIpc) is 3.12. The normalized spacial score (nSPS) is 32.8. The lowest BCUT2D eigenvalue weighted by Crippen LogP contribution is -2.45. The number of carbonyl (C=O) groups is 1. The molecule has 1 aliphatic heterocycles. The summed E-state index contributed by atoms with van der Waals surface area (Å²) >= 11 is 0. The monoisotopic (exact) mass is 467 g/mol. The predicted molar refractivity (Wildman–Crippen MR) is 136 cm³/mol. The van der Waals surface area contributed by atoms with Crippen LogP contribution >= 0.6 is 0 Å². The second kappa shape index (κ2) is 9.52. The number of amidine groups is 1. The molecule has 34 heavy (non-hydrogen) atoms. The minimum atomic E-state index is -0.129. The van der Waals surface area contributed by atoms with Crippen LogP contribution in [0.5, 0.6) is 5.75 Å². The van der Waals surface area contributed by atoms with Crippen LogP contribution in [0.2, 0.25) is 0 Å². The molecule has 0 unspecified atom stereocenters. The maximum absolute atomic E-state index is 11.7. The number of ether oxygens (including phenoxy) is 2. The Kier molecular flexibility index (Phi) is 6.62. The molecule has 2 saturated carbocycles. The third kappa shape index (κ3) is 4.46. The lowest BCUT2D eigenvalue weighted by atomic mass is 9.55. The molecule has 0 amide bonds. The van der Waals surface area contributed by atoms with Crippen LogP contribution in [0.3, 0.4) is 0 Å². The van der Waals surface area contributed by atoms with Crippen LogP contribution in [0.15, 0.2) is 17.1 Å². The van der Waals surface area contributed by atoms with Crippen molar-refractivity contribution in [2.24, 2.45) is 22.2 Å². The van der Waals surface area contributed by atoms with Gasteiger partial charge in [0, 0.05) is 18.9 Å². The number of esters is 1. The molecule has 3 aliphatic carbocycles. The van der Waals surface area contributed by atoms with Crippen molar-refractivity contribution in [1.82, 2.24) is 4.90 Å². The number of unbranched alkanes of at least 4 members (excludes halogenated alkanes) is 1. The van der Waals surface area contributed by atoms with Gasteiger partial charge in [0.1, 0.15) is 24.3 Å². The van der Waals surface area contributed by atoms with Crippen molar-refractivity contribution in [2.45, 2.75) is 77.2 Å². The highest BCUT2D eigenvalue weighted by Gasteiger charge is 2.56. The molecule has 0 bridgehead atoms. The Morgan fingerprint density at radius 1 is 1.24 bits per heavy atom. The molecule has 1 aromatic carbocycles. The zero-order chi connectivity index (χ0) is 23.9. The van der Waals surface area contributed by atoms with Crippen molar-refractivity contribution >= 4 is 17.5 Å². The van der Waals surface area contributed by atoms with Crippen molar-refractivity contribution in [3.8, 4) is 5.75 Å². The summed E-state index contributed by atoms with van der Waals surface area (Å²) in [5.74, 6) is 3.71. The number of hydrogen-bond donors (Lipinski definition) is 1. The van der Waals surface area contributed by atoms with Gasteiger partial charge in [0.05, 0.1) is 5.69 Å². The van der Waals surface area contributed by atoms with Gasteiger partial charge in [-0.2, -0.15) is 0 Å². The van der Waals surface area contributed by atoms with Gasteiger partial charge >= 0.3 is 5.97 Å². The van der Waals surface area contributed by atoms with E-state index in [0.717, 1.165) is 62.5 Å². The first-order valence-corrected chi connectivity index (χ1v) is 13.3. The number of aliphatic imine (C=N–C) groups is 1. The highest BCUT2D eigenvalue weighted by Crippen LogP contribution is 2.62. The quantitative estimate of drug-likeness (QED) is 0.470. The Balaban J connectivity index is 1.30. The van der Waals surface area contributed by atoms with Gasteiger partial charge in [-0.15, -0.1) is 0 Å². The van der Waals surface area contributed by atoms with E-state index in [4.69, 9.17) is 14.5 Å². The van der Waals surface area contributed by atoms with E-state index >= 15 is 0 Å². The summed E-state index contributed by atoms with van der Waals surface area (Å²) in [4.78, 5) is 18.7. The number of rotatable bonds is 6. The molecule has 5 atom stereocenters. The van der Waals surface area contributed by atoms with Gasteiger partial charge in [-0.25, -0.2) is 0 Å². The van der Waals surface area contributed by atoms with Gasteiger partial charge in [0.15, 0.2) is 0 Å². The number of hydrogen-bond acceptors (Lipinski definition) is 5. The SMILES string of the molecule is CC(=O)O[C@H]1CC[C@H]2[C@@H]3CCc4cc5c(cc4[C@H]3CC[C@]12C)NC(=NCCCCN(C)C)CO5. The van der Waals surface area contributed by atoms with E-state index in [1.807, 2.05) is 0 Å². The molecule has 4 aliphatic rings. The third-order valence-electron chi connectivity index (χ3n) is 9.01. The fourth-order valence-electron chi connectivity index (χ4n) is 7.34. The highest BCUT2D eigenvalue weighted by atomic mass is 16.5. The largest absolute Gasteiger partial charge is 0.484 e. The van der Waals surface area contributed by atoms with Gasteiger partial charge in [-0.3, -0.25) is 9.79 Å². The predicted octanol–water partition coefficient (Wildman–Crippen LogP) is 5.02. The van der Waals surface area contributed by atoms with E-state index in [2.05, 4.69) is 43.4 Å². The zero-order valence-corrected chi connectivity index (χ0v) is 21.4. The molecular formula is C28H41N3O3. The van der Waals surface area contributed by atoms with E-state index in [1.165, 1.54) is 30.4 Å². The highest BCUT2D eigenvalue weighted by molar-refractivity contribution is 5.99. The first-order valence-electron chi connectivity index (χ1n) is 13.3. The van der Waals surface area contributed by atoms with Crippen molar-refractivity contribution in [3.63, 3.8) is 0 Å². The van der Waals surface area contributed by atoms with Gasteiger partial charge in [-0.1, -0.05) is 6.92 Å². The minimum absolute atomic E-state index is 0.0902. The Hall–Kier alpha value is -2.08. The molecule has 6 nitrogen and oxygen atoms in total. The van der Waals surface area contributed by atoms with Crippen molar-refractivity contribution < 1.29 is 14.3 Å². The first-order chi connectivity index (χ1) is 16.3. The molecule has 0 radical (unpaired) electrons. The smallest absolute Gasteiger partial charge is 0.302 e. The molecule has 186 valence electrons. The number of aryl methyl sites for hydroxylation is 1. The Morgan fingerprint density at radius 2 is 2.09 bits per heavy atom. The van der Waals surface area contributed by atoms with E-state index < -0.39 is 0 Å². The Labute approximate surface area is 204 Å². The van der Waals surface area contributed by atoms with Crippen molar-refractivity contribution in [2.75, 3.05) is 39.1 Å². The van der Waals surface area contributed by atoms with Crippen LogP contribution in [0.4, 0.5) is 5.69 Å². The summed E-state index contributed by atoms with van der Waals surface area (Å²) in [6, 6.07) is 4.65. The standard InChI is InChI=1S/C28H41N3O3/c1-18(32)34-26-10-9-23-21-8-7-19-15-25-24(16-22(19)20(21)11-12-28(23,26)2)30-27(17-33-25)29-13-5-6-14-31(3)4/h15-16,20-21,23,26H,5-14,17H2,1-4H3,(H,29,30)/t20-,21+,23-,26-,28-/m0/s1. The molecule has 0 aromatic heterocycles. The summed E-state index contributed by atoms with van der Waals surface area (Å²) in [6.45, 7) is 6.41. The number of anilines is 1. The van der Waals surface area contributed by atoms with Crippen molar-refractivity contribution in [3.05, 3.63) is 23.3 Å². The molecule has 0 spiro atoms. The average molecular weight is 468 g/mol. The minimum Gasteiger partial charge on any atom is -0.484 e. The Bertz CT molecular complexity index is 958. The lowest BCUT2D eigenvalue weighted by Gasteiger charge is -2.50. The molecule has 1 aromatic rings. The van der Waals surface area contributed by atoms with E-state index in [9.17, 15) is 4.79 Å². The molecule has 0 saturated heterocycles. The van der Waals surface area contributed by atoms with Crippen molar-refractivity contribution in [1.29, 1.82) is 0 Å². The molecule has 1 heterocycles. The van der Waals surface area contributed by atoms with Crippen LogP contribution in [-0.2, 0) is 16.0 Å².